The van der Waals surface area contributed by atoms with Crippen molar-refractivity contribution >= 4 is 11.8 Å². The van der Waals surface area contributed by atoms with E-state index in [1.165, 1.54) is 12.1 Å². The molecule has 0 bridgehead atoms. The third kappa shape index (κ3) is 9.40. The molecule has 3 N–H and O–H groups in total. The van der Waals surface area contributed by atoms with Crippen molar-refractivity contribution in [3.8, 4) is 0 Å². The fourth-order valence-electron chi connectivity index (χ4n) is 5.52. The van der Waals surface area contributed by atoms with E-state index < -0.39 is 23.8 Å². The Morgan fingerprint density at radius 1 is 0.930 bits per heavy atom. The summed E-state index contributed by atoms with van der Waals surface area (Å²) in [5, 5.41) is 17.6. The molecule has 2 amide bonds. The molecule has 0 unspecified atom stereocenters. The van der Waals surface area contributed by atoms with Crippen molar-refractivity contribution in [2.45, 2.75) is 76.5 Å². The summed E-state index contributed by atoms with van der Waals surface area (Å²) in [7, 11) is 0. The minimum Gasteiger partial charge on any atom is -0.390 e. The van der Waals surface area contributed by atoms with Crippen LogP contribution >= 0.6 is 0 Å². The Bertz CT molecular complexity index is 1340. The number of amides is 2. The predicted molar refractivity (Wildman–Crippen MR) is 162 cm³/mol. The number of nitrogens with zero attached hydrogens (tertiary/aromatic N) is 2. The van der Waals surface area contributed by atoms with Crippen LogP contribution in [-0.4, -0.2) is 58.6 Å². The molecule has 1 aliphatic rings. The van der Waals surface area contributed by atoms with E-state index in [1.54, 1.807) is 18.5 Å². The van der Waals surface area contributed by atoms with Crippen LogP contribution in [0.15, 0.2) is 67.0 Å². The lowest BCUT2D eigenvalue weighted by Gasteiger charge is -2.27. The van der Waals surface area contributed by atoms with Crippen molar-refractivity contribution in [1.29, 1.82) is 0 Å². The number of carbonyl (C=O) groups excluding carboxylic acids is 2. The lowest BCUT2D eigenvalue weighted by atomic mass is 9.99. The van der Waals surface area contributed by atoms with Gasteiger partial charge in [0.25, 0.3) is 0 Å². The van der Waals surface area contributed by atoms with Crippen LogP contribution in [0.5, 0.6) is 0 Å². The van der Waals surface area contributed by atoms with Crippen LogP contribution in [0.1, 0.15) is 61.8 Å². The van der Waals surface area contributed by atoms with Gasteiger partial charge in [0.05, 0.1) is 25.0 Å². The van der Waals surface area contributed by atoms with E-state index in [0.29, 0.717) is 24.2 Å². The van der Waals surface area contributed by atoms with Gasteiger partial charge in [-0.15, -0.1) is 0 Å². The fraction of sp³-hybridized carbons (Fsp3) is 0.441. The van der Waals surface area contributed by atoms with Crippen molar-refractivity contribution < 1.29 is 23.5 Å². The van der Waals surface area contributed by atoms with Gasteiger partial charge in [-0.2, -0.15) is 0 Å². The minimum absolute atomic E-state index is 0.0223. The second-order valence-corrected chi connectivity index (χ2v) is 11.5. The highest BCUT2D eigenvalue weighted by Gasteiger charge is 2.44. The normalized spacial score (nSPS) is 15.0. The molecule has 9 heteroatoms. The number of pyridine rings is 1. The lowest BCUT2D eigenvalue weighted by Crippen LogP contribution is -2.50. The molecule has 2 aromatic carbocycles. The molecule has 0 saturated heterocycles. The smallest absolute Gasteiger partial charge is 0.227 e. The summed E-state index contributed by atoms with van der Waals surface area (Å²) in [6.07, 6.45) is 6.01. The Morgan fingerprint density at radius 3 is 2.16 bits per heavy atom. The van der Waals surface area contributed by atoms with Crippen molar-refractivity contribution in [3.05, 3.63) is 101 Å². The van der Waals surface area contributed by atoms with Gasteiger partial charge in [-0.25, -0.2) is 8.78 Å². The van der Waals surface area contributed by atoms with Crippen LogP contribution < -0.4 is 10.6 Å². The Morgan fingerprint density at radius 2 is 1.56 bits per heavy atom. The molecule has 2 atom stereocenters. The number of nitrogens with one attached hydrogen (secondary N) is 2. The fourth-order valence-corrected chi connectivity index (χ4v) is 5.52. The highest BCUT2D eigenvalue weighted by Crippen LogP contribution is 2.45. The van der Waals surface area contributed by atoms with Gasteiger partial charge in [-0.1, -0.05) is 50.2 Å². The van der Waals surface area contributed by atoms with Gasteiger partial charge in [0.15, 0.2) is 0 Å². The lowest BCUT2D eigenvalue weighted by molar-refractivity contribution is -0.130. The van der Waals surface area contributed by atoms with Crippen molar-refractivity contribution in [3.63, 3.8) is 0 Å². The summed E-state index contributed by atoms with van der Waals surface area (Å²) in [4.78, 5) is 32.1. The van der Waals surface area contributed by atoms with E-state index in [9.17, 15) is 23.5 Å². The van der Waals surface area contributed by atoms with E-state index in [0.717, 1.165) is 42.9 Å². The molecule has 1 aromatic heterocycles. The maximum absolute atomic E-state index is 14.0. The first-order valence-electron chi connectivity index (χ1n) is 15.1. The van der Waals surface area contributed by atoms with Gasteiger partial charge in [0.1, 0.15) is 11.6 Å². The second-order valence-electron chi connectivity index (χ2n) is 11.5. The molecule has 43 heavy (non-hydrogen) atoms. The number of hydrogen-bond acceptors (Lipinski definition) is 5. The highest BCUT2D eigenvalue weighted by atomic mass is 19.1. The number of halogens is 2. The van der Waals surface area contributed by atoms with Crippen molar-refractivity contribution in [2.24, 2.45) is 0 Å². The van der Waals surface area contributed by atoms with Gasteiger partial charge < -0.3 is 20.6 Å². The Kier molecular flexibility index (Phi) is 11.4. The van der Waals surface area contributed by atoms with E-state index in [2.05, 4.69) is 15.6 Å². The molecule has 1 saturated carbocycles. The number of aromatic nitrogens is 1. The molecule has 1 fully saturated rings. The third-order valence-corrected chi connectivity index (χ3v) is 7.83. The first kappa shape index (κ1) is 32.2. The molecule has 4 rings (SSSR count). The van der Waals surface area contributed by atoms with E-state index >= 15 is 0 Å². The molecule has 0 radical (unpaired) electrons. The molecule has 3 aromatic rings. The molecule has 0 aliphatic heterocycles. The molecule has 1 aliphatic carbocycles. The first-order chi connectivity index (χ1) is 20.7. The molecule has 7 nitrogen and oxygen atoms in total. The summed E-state index contributed by atoms with van der Waals surface area (Å²) >= 11 is 0. The summed E-state index contributed by atoms with van der Waals surface area (Å²) < 4.78 is 27.9. The van der Waals surface area contributed by atoms with Crippen LogP contribution in [0, 0.1) is 11.6 Å². The number of benzene rings is 2. The van der Waals surface area contributed by atoms with Crippen LogP contribution in [-0.2, 0) is 34.4 Å². The van der Waals surface area contributed by atoms with Gasteiger partial charge in [-0.05, 0) is 66.5 Å². The van der Waals surface area contributed by atoms with Crippen LogP contribution in [0.25, 0.3) is 0 Å². The van der Waals surface area contributed by atoms with Gasteiger partial charge in [-0.3, -0.25) is 14.6 Å². The molecule has 1 heterocycles. The zero-order valence-electron chi connectivity index (χ0n) is 25.0. The second kappa shape index (κ2) is 15.2. The topological polar surface area (TPSA) is 94.6 Å². The summed E-state index contributed by atoms with van der Waals surface area (Å²) in [6.45, 7) is 5.65. The number of aliphatic hydroxyl groups is 1. The monoisotopic (exact) mass is 592 g/mol. The zero-order valence-corrected chi connectivity index (χ0v) is 25.0. The maximum atomic E-state index is 14.0. The zero-order chi connectivity index (χ0) is 30.8. The largest absolute Gasteiger partial charge is 0.390 e. The number of carbonyl (C=O) groups is 2. The number of rotatable bonds is 16. The third-order valence-electron chi connectivity index (χ3n) is 7.83. The Labute approximate surface area is 252 Å². The summed E-state index contributed by atoms with van der Waals surface area (Å²) in [5.74, 6) is -1.78. The van der Waals surface area contributed by atoms with Crippen LogP contribution in [0.4, 0.5) is 8.78 Å². The van der Waals surface area contributed by atoms with Gasteiger partial charge in [0.2, 0.25) is 11.8 Å². The van der Waals surface area contributed by atoms with Gasteiger partial charge in [0, 0.05) is 43.6 Å². The van der Waals surface area contributed by atoms with Gasteiger partial charge >= 0.3 is 0 Å². The Balaban J connectivity index is 1.43. The maximum Gasteiger partial charge on any atom is 0.227 e. The Hall–Kier alpha value is -3.69. The molecular formula is C34H42F2N4O3. The quantitative estimate of drug-likeness (QED) is 0.228. The van der Waals surface area contributed by atoms with Crippen LogP contribution in [0.2, 0.25) is 0 Å². The summed E-state index contributed by atoms with van der Waals surface area (Å²) in [6, 6.07) is 14.2. The van der Waals surface area contributed by atoms with E-state index in [1.807, 2.05) is 49.1 Å². The standard InChI is InChI=1S/C34H42F2N4O3/c1-3-12-40(13-4-2)33(43)19-26-14-25(21-37-22-26)18-32(42)39-30(17-24-15-28(35)20-29(36)16-24)31(41)23-38-34(10-11-34)27-8-6-5-7-9-27/h5-9,14-16,20-22,30-31,38,41H,3-4,10-13,17-19,23H2,1-2H3,(H,39,42)/t30-,31+/m0/s1. The molecule has 230 valence electrons. The van der Waals surface area contributed by atoms with Crippen molar-refractivity contribution in [1.82, 2.24) is 20.5 Å². The average molecular weight is 593 g/mol. The first-order valence-corrected chi connectivity index (χ1v) is 15.1. The highest BCUT2D eigenvalue weighted by molar-refractivity contribution is 5.80. The SMILES string of the molecule is CCCN(CCC)C(=O)Cc1cncc(CC(=O)N[C@@H](Cc2cc(F)cc(F)c2)[C@H](O)CNC2(c3ccccc3)CC2)c1. The number of aliphatic hydroxyl groups excluding tert-OH is 1. The summed E-state index contributed by atoms with van der Waals surface area (Å²) in [5.41, 5.74) is 2.59. The average Bonchev–Trinajstić information content (AvgIpc) is 3.77. The van der Waals surface area contributed by atoms with Crippen molar-refractivity contribution in [2.75, 3.05) is 19.6 Å². The predicted octanol–water partition coefficient (Wildman–Crippen LogP) is 4.46. The molecular weight excluding hydrogens is 550 g/mol. The van der Waals surface area contributed by atoms with E-state index in [-0.39, 0.29) is 43.2 Å². The minimum atomic E-state index is -1.03. The number of hydrogen-bond donors (Lipinski definition) is 3. The molecule has 0 spiro atoms. The van der Waals surface area contributed by atoms with Crippen LogP contribution in [0.3, 0.4) is 0 Å². The van der Waals surface area contributed by atoms with E-state index in [4.69, 9.17) is 0 Å².